The molecule has 0 amide bonds. The van der Waals surface area contributed by atoms with Gasteiger partial charge in [0.25, 0.3) is 0 Å². The second-order valence-corrected chi connectivity index (χ2v) is 5.51. The van der Waals surface area contributed by atoms with Gasteiger partial charge in [-0.1, -0.05) is 29.3 Å². The molecule has 1 aromatic carbocycles. The number of hydrogen-bond acceptors (Lipinski definition) is 4. The van der Waals surface area contributed by atoms with Crippen LogP contribution in [0.25, 0.3) is 0 Å². The maximum atomic E-state index is 10.8. The van der Waals surface area contributed by atoms with Crippen molar-refractivity contribution in [1.82, 2.24) is 9.88 Å². The summed E-state index contributed by atoms with van der Waals surface area (Å²) in [5.74, 6) is -0.757. The zero-order chi connectivity index (χ0) is 15.6. The van der Waals surface area contributed by atoms with Crippen molar-refractivity contribution in [2.24, 2.45) is 0 Å². The molecule has 0 spiro atoms. The van der Waals surface area contributed by atoms with E-state index in [1.165, 1.54) is 0 Å². The molecular formula is C14H14Cl2N2O3. The molecule has 1 atom stereocenters. The maximum absolute atomic E-state index is 10.8. The topological polar surface area (TPSA) is 66.6 Å². The van der Waals surface area contributed by atoms with Gasteiger partial charge in [-0.15, -0.1) is 0 Å². The molecule has 0 aliphatic carbocycles. The number of nitrogens with zero attached hydrogens (tertiary/aromatic N) is 2. The number of carbonyl (C=O) groups is 1. The third kappa shape index (κ3) is 3.75. The number of hydrogen-bond donors (Lipinski definition) is 1. The van der Waals surface area contributed by atoms with Crippen molar-refractivity contribution in [2.75, 3.05) is 7.05 Å². The molecule has 0 fully saturated rings. The molecular weight excluding hydrogens is 315 g/mol. The molecule has 112 valence electrons. The molecule has 0 saturated carbocycles. The van der Waals surface area contributed by atoms with E-state index >= 15 is 0 Å². The van der Waals surface area contributed by atoms with Gasteiger partial charge in [0, 0.05) is 6.04 Å². The number of oxazole rings is 1. The van der Waals surface area contributed by atoms with Gasteiger partial charge in [0.05, 0.1) is 16.6 Å². The summed E-state index contributed by atoms with van der Waals surface area (Å²) in [5.41, 5.74) is 0.900. The molecule has 21 heavy (non-hydrogen) atoms. The van der Waals surface area contributed by atoms with Crippen molar-refractivity contribution < 1.29 is 14.3 Å². The molecule has 0 bridgehead atoms. The molecule has 0 aliphatic rings. The minimum atomic E-state index is -1.11. The Labute approximate surface area is 132 Å². The Morgan fingerprint density at radius 2 is 2.14 bits per heavy atom. The van der Waals surface area contributed by atoms with Gasteiger partial charge in [0.1, 0.15) is 6.26 Å². The lowest BCUT2D eigenvalue weighted by Crippen LogP contribution is -2.22. The molecule has 1 heterocycles. The van der Waals surface area contributed by atoms with Crippen LogP contribution in [0.1, 0.15) is 34.9 Å². The highest BCUT2D eigenvalue weighted by Gasteiger charge is 2.17. The SMILES string of the molecule is C[C@@H](c1ccc(Cl)c(Cl)c1)N(C)Cc1nc(C(=O)O)co1. The molecule has 2 rings (SSSR count). The highest BCUT2D eigenvalue weighted by Crippen LogP contribution is 2.28. The summed E-state index contributed by atoms with van der Waals surface area (Å²) in [4.78, 5) is 16.6. The third-order valence-corrected chi connectivity index (χ3v) is 3.98. The van der Waals surface area contributed by atoms with Crippen LogP contribution in [0.3, 0.4) is 0 Å². The largest absolute Gasteiger partial charge is 0.476 e. The van der Waals surface area contributed by atoms with Crippen LogP contribution in [0.4, 0.5) is 0 Å². The van der Waals surface area contributed by atoms with Gasteiger partial charge in [0.15, 0.2) is 5.69 Å². The Bertz CT molecular complexity index is 657. The van der Waals surface area contributed by atoms with E-state index in [1.807, 2.05) is 31.0 Å². The lowest BCUT2D eigenvalue weighted by Gasteiger charge is -2.23. The lowest BCUT2D eigenvalue weighted by atomic mass is 10.1. The van der Waals surface area contributed by atoms with Crippen LogP contribution in [0.5, 0.6) is 0 Å². The molecule has 5 nitrogen and oxygen atoms in total. The van der Waals surface area contributed by atoms with Crippen LogP contribution >= 0.6 is 23.2 Å². The van der Waals surface area contributed by atoms with E-state index in [0.29, 0.717) is 22.5 Å². The summed E-state index contributed by atoms with van der Waals surface area (Å²) >= 11 is 11.9. The Balaban J connectivity index is 2.09. The summed E-state index contributed by atoms with van der Waals surface area (Å²) in [6, 6.07) is 5.49. The summed E-state index contributed by atoms with van der Waals surface area (Å²) in [6.45, 7) is 2.38. The second kappa shape index (κ2) is 6.47. The van der Waals surface area contributed by atoms with E-state index in [-0.39, 0.29) is 11.7 Å². The fourth-order valence-electron chi connectivity index (χ4n) is 1.86. The van der Waals surface area contributed by atoms with Crippen molar-refractivity contribution in [3.05, 3.63) is 51.7 Å². The second-order valence-electron chi connectivity index (χ2n) is 4.70. The molecule has 0 saturated heterocycles. The van der Waals surface area contributed by atoms with Gasteiger partial charge in [-0.05, 0) is 31.7 Å². The van der Waals surface area contributed by atoms with E-state index in [0.717, 1.165) is 11.8 Å². The van der Waals surface area contributed by atoms with E-state index in [9.17, 15) is 4.79 Å². The van der Waals surface area contributed by atoms with E-state index in [4.69, 9.17) is 32.7 Å². The van der Waals surface area contributed by atoms with Crippen molar-refractivity contribution in [2.45, 2.75) is 19.5 Å². The Kier molecular flexibility index (Phi) is 4.88. The normalized spacial score (nSPS) is 12.6. The van der Waals surface area contributed by atoms with Crippen molar-refractivity contribution in [3.8, 4) is 0 Å². The van der Waals surface area contributed by atoms with Gasteiger partial charge in [-0.3, -0.25) is 4.90 Å². The number of aromatic carboxylic acids is 1. The number of rotatable bonds is 5. The molecule has 1 aromatic heterocycles. The quantitative estimate of drug-likeness (QED) is 0.902. The molecule has 2 aromatic rings. The van der Waals surface area contributed by atoms with Gasteiger partial charge < -0.3 is 9.52 Å². The molecule has 0 radical (unpaired) electrons. The minimum absolute atomic E-state index is 0.0416. The highest BCUT2D eigenvalue weighted by atomic mass is 35.5. The smallest absolute Gasteiger partial charge is 0.357 e. The van der Waals surface area contributed by atoms with Crippen molar-refractivity contribution in [3.63, 3.8) is 0 Å². The summed E-state index contributed by atoms with van der Waals surface area (Å²) < 4.78 is 5.14. The lowest BCUT2D eigenvalue weighted by molar-refractivity contribution is 0.0690. The zero-order valence-corrected chi connectivity index (χ0v) is 13.0. The van der Waals surface area contributed by atoms with Crippen molar-refractivity contribution >= 4 is 29.2 Å². The summed E-state index contributed by atoms with van der Waals surface area (Å²) in [6.07, 6.45) is 1.13. The average molecular weight is 329 g/mol. The molecule has 0 unspecified atom stereocenters. The minimum Gasteiger partial charge on any atom is -0.476 e. The summed E-state index contributed by atoms with van der Waals surface area (Å²) in [5, 5.41) is 9.82. The van der Waals surface area contributed by atoms with Crippen LogP contribution in [0.15, 0.2) is 28.9 Å². The monoisotopic (exact) mass is 328 g/mol. The van der Waals surface area contributed by atoms with Crippen molar-refractivity contribution in [1.29, 1.82) is 0 Å². The van der Waals surface area contributed by atoms with Crippen LogP contribution in [0.2, 0.25) is 10.0 Å². The van der Waals surface area contributed by atoms with Gasteiger partial charge in [0.2, 0.25) is 5.89 Å². The van der Waals surface area contributed by atoms with E-state index < -0.39 is 5.97 Å². The van der Waals surface area contributed by atoms with Crippen LogP contribution < -0.4 is 0 Å². The first-order valence-corrected chi connectivity index (χ1v) is 6.97. The third-order valence-electron chi connectivity index (χ3n) is 3.24. The number of aromatic nitrogens is 1. The fraction of sp³-hybridized carbons (Fsp3) is 0.286. The van der Waals surface area contributed by atoms with Crippen LogP contribution in [-0.2, 0) is 6.54 Å². The molecule has 0 aliphatic heterocycles. The first-order chi connectivity index (χ1) is 9.88. The number of benzene rings is 1. The predicted molar refractivity (Wildman–Crippen MR) is 79.8 cm³/mol. The standard InChI is InChI=1S/C14H14Cl2N2O3/c1-8(9-3-4-10(15)11(16)5-9)18(2)6-13-17-12(7-21-13)14(19)20/h3-5,7-8H,6H2,1-2H3,(H,19,20)/t8-/m0/s1. The van der Waals surface area contributed by atoms with E-state index in [2.05, 4.69) is 4.98 Å². The first-order valence-electron chi connectivity index (χ1n) is 6.21. The van der Waals surface area contributed by atoms with E-state index in [1.54, 1.807) is 6.07 Å². The van der Waals surface area contributed by atoms with Crippen LogP contribution in [0, 0.1) is 0 Å². The number of carboxylic acid groups (broad SMARTS) is 1. The first kappa shape index (κ1) is 15.8. The van der Waals surface area contributed by atoms with Crippen LogP contribution in [-0.4, -0.2) is 28.0 Å². The maximum Gasteiger partial charge on any atom is 0.357 e. The average Bonchev–Trinajstić information content (AvgIpc) is 2.89. The summed E-state index contributed by atoms with van der Waals surface area (Å²) in [7, 11) is 1.89. The fourth-order valence-corrected chi connectivity index (χ4v) is 2.17. The van der Waals surface area contributed by atoms with Gasteiger partial charge >= 0.3 is 5.97 Å². The Hall–Kier alpha value is -1.56. The molecule has 1 N–H and O–H groups in total. The highest BCUT2D eigenvalue weighted by molar-refractivity contribution is 6.42. The molecule has 7 heteroatoms. The number of carboxylic acids is 1. The zero-order valence-electron chi connectivity index (χ0n) is 11.5. The van der Waals surface area contributed by atoms with Gasteiger partial charge in [-0.2, -0.15) is 0 Å². The van der Waals surface area contributed by atoms with Gasteiger partial charge in [-0.25, -0.2) is 9.78 Å². The Morgan fingerprint density at radius 3 is 2.71 bits per heavy atom. The predicted octanol–water partition coefficient (Wildman–Crippen LogP) is 3.87. The Morgan fingerprint density at radius 1 is 1.43 bits per heavy atom. The number of halogens is 2.